The van der Waals surface area contributed by atoms with E-state index in [-0.39, 0.29) is 5.91 Å². The fourth-order valence-electron chi connectivity index (χ4n) is 2.15. The Morgan fingerprint density at radius 2 is 1.91 bits per heavy atom. The molecule has 1 atom stereocenters. The van der Waals surface area contributed by atoms with Gasteiger partial charge in [-0.2, -0.15) is 0 Å². The first-order chi connectivity index (χ1) is 10.7. The number of nitrogens with one attached hydrogen (secondary N) is 1. The first-order valence-electron chi connectivity index (χ1n) is 7.10. The number of ether oxygens (including phenoxy) is 1. The Hall–Kier alpha value is -2.88. The third-order valence-corrected chi connectivity index (χ3v) is 3.30. The van der Waals surface area contributed by atoms with Gasteiger partial charge >= 0.3 is 0 Å². The third-order valence-electron chi connectivity index (χ3n) is 3.30. The van der Waals surface area contributed by atoms with Crippen LogP contribution in [0.4, 0.5) is 5.69 Å². The third kappa shape index (κ3) is 3.23. The molecule has 1 unspecified atom stereocenters. The number of benzene rings is 2. The van der Waals surface area contributed by atoms with E-state index in [1.807, 2.05) is 60.7 Å². The zero-order valence-corrected chi connectivity index (χ0v) is 12.2. The molecule has 1 amide bonds. The Kier molecular flexibility index (Phi) is 4.01. The van der Waals surface area contributed by atoms with Gasteiger partial charge in [-0.05, 0) is 43.3 Å². The Morgan fingerprint density at radius 3 is 2.73 bits per heavy atom. The van der Waals surface area contributed by atoms with Crippen LogP contribution in [0.5, 0.6) is 5.75 Å². The Balaban J connectivity index is 1.69. The van der Waals surface area contributed by atoms with E-state index in [0.29, 0.717) is 5.75 Å². The van der Waals surface area contributed by atoms with E-state index in [1.165, 1.54) is 0 Å². The van der Waals surface area contributed by atoms with Crippen molar-refractivity contribution in [2.24, 2.45) is 0 Å². The van der Waals surface area contributed by atoms with Crippen molar-refractivity contribution in [3.05, 3.63) is 66.9 Å². The minimum atomic E-state index is -0.577. The van der Waals surface area contributed by atoms with E-state index in [2.05, 4.69) is 10.3 Å². The van der Waals surface area contributed by atoms with Crippen molar-refractivity contribution in [2.45, 2.75) is 13.0 Å². The van der Waals surface area contributed by atoms with Gasteiger partial charge in [0.2, 0.25) is 0 Å². The van der Waals surface area contributed by atoms with E-state index in [4.69, 9.17) is 4.74 Å². The molecule has 0 saturated carbocycles. The van der Waals surface area contributed by atoms with Crippen LogP contribution in [-0.4, -0.2) is 17.0 Å². The molecule has 0 radical (unpaired) electrons. The molecular formula is C18H16N2O2. The second-order valence-electron chi connectivity index (χ2n) is 4.97. The number of rotatable bonds is 4. The highest BCUT2D eigenvalue weighted by Gasteiger charge is 2.14. The summed E-state index contributed by atoms with van der Waals surface area (Å²) >= 11 is 0. The van der Waals surface area contributed by atoms with Gasteiger partial charge in [0.15, 0.2) is 6.10 Å². The van der Waals surface area contributed by atoms with Crippen LogP contribution in [0.2, 0.25) is 0 Å². The van der Waals surface area contributed by atoms with Crippen LogP contribution in [0.25, 0.3) is 10.9 Å². The molecule has 2 aromatic carbocycles. The van der Waals surface area contributed by atoms with Gasteiger partial charge in [0.25, 0.3) is 5.91 Å². The van der Waals surface area contributed by atoms with Crippen LogP contribution in [0.3, 0.4) is 0 Å². The van der Waals surface area contributed by atoms with Gasteiger partial charge in [-0.3, -0.25) is 9.78 Å². The van der Waals surface area contributed by atoms with Gasteiger partial charge in [0.1, 0.15) is 5.75 Å². The average molecular weight is 292 g/mol. The molecule has 0 aliphatic carbocycles. The molecule has 0 aliphatic rings. The maximum Gasteiger partial charge on any atom is 0.265 e. The predicted octanol–water partition coefficient (Wildman–Crippen LogP) is 3.64. The molecular weight excluding hydrogens is 276 g/mol. The topological polar surface area (TPSA) is 51.2 Å². The summed E-state index contributed by atoms with van der Waals surface area (Å²) < 4.78 is 5.61. The highest BCUT2D eigenvalue weighted by Crippen LogP contribution is 2.18. The SMILES string of the molecule is CC(Oc1ccccc1)C(=O)Nc1ccc2ncccc2c1. The van der Waals surface area contributed by atoms with E-state index < -0.39 is 6.10 Å². The number of para-hydroxylation sites is 1. The van der Waals surface area contributed by atoms with Gasteiger partial charge in [0.05, 0.1) is 5.52 Å². The normalized spacial score (nSPS) is 11.9. The lowest BCUT2D eigenvalue weighted by Crippen LogP contribution is -2.30. The van der Waals surface area contributed by atoms with Crippen LogP contribution in [0.1, 0.15) is 6.92 Å². The van der Waals surface area contributed by atoms with E-state index >= 15 is 0 Å². The molecule has 1 heterocycles. The summed E-state index contributed by atoms with van der Waals surface area (Å²) in [5.74, 6) is 0.486. The second-order valence-corrected chi connectivity index (χ2v) is 4.97. The molecule has 0 fully saturated rings. The average Bonchev–Trinajstić information content (AvgIpc) is 2.55. The number of anilines is 1. The fourth-order valence-corrected chi connectivity index (χ4v) is 2.15. The summed E-state index contributed by atoms with van der Waals surface area (Å²) in [4.78, 5) is 16.5. The van der Waals surface area contributed by atoms with Crippen molar-refractivity contribution in [3.63, 3.8) is 0 Å². The number of hydrogen-bond donors (Lipinski definition) is 1. The first kappa shape index (κ1) is 14.1. The van der Waals surface area contributed by atoms with Crippen molar-refractivity contribution < 1.29 is 9.53 Å². The molecule has 1 aromatic heterocycles. The van der Waals surface area contributed by atoms with Crippen LogP contribution in [0, 0.1) is 0 Å². The number of nitrogens with zero attached hydrogens (tertiary/aromatic N) is 1. The van der Waals surface area contributed by atoms with Crippen molar-refractivity contribution in [2.75, 3.05) is 5.32 Å². The van der Waals surface area contributed by atoms with Crippen LogP contribution in [0.15, 0.2) is 66.9 Å². The van der Waals surface area contributed by atoms with Gasteiger partial charge in [-0.1, -0.05) is 24.3 Å². The van der Waals surface area contributed by atoms with E-state index in [0.717, 1.165) is 16.6 Å². The molecule has 110 valence electrons. The van der Waals surface area contributed by atoms with Crippen molar-refractivity contribution in [3.8, 4) is 5.75 Å². The molecule has 1 N–H and O–H groups in total. The largest absolute Gasteiger partial charge is 0.481 e. The summed E-state index contributed by atoms with van der Waals surface area (Å²) in [5, 5.41) is 3.85. The zero-order chi connectivity index (χ0) is 15.4. The lowest BCUT2D eigenvalue weighted by Gasteiger charge is -2.14. The molecule has 3 rings (SSSR count). The minimum absolute atomic E-state index is 0.188. The Labute approximate surface area is 128 Å². The molecule has 0 spiro atoms. The quantitative estimate of drug-likeness (QED) is 0.798. The number of fused-ring (bicyclic) bond motifs is 1. The number of carbonyl (C=O) groups excluding carboxylic acids is 1. The van der Waals surface area contributed by atoms with Crippen molar-refractivity contribution >= 4 is 22.5 Å². The maximum atomic E-state index is 12.2. The maximum absolute atomic E-state index is 12.2. The predicted molar refractivity (Wildman–Crippen MR) is 86.9 cm³/mol. The Morgan fingerprint density at radius 1 is 1.09 bits per heavy atom. The summed E-state index contributed by atoms with van der Waals surface area (Å²) in [7, 11) is 0. The van der Waals surface area contributed by atoms with Crippen LogP contribution >= 0.6 is 0 Å². The van der Waals surface area contributed by atoms with E-state index in [9.17, 15) is 4.79 Å². The number of amides is 1. The summed E-state index contributed by atoms with van der Waals surface area (Å²) in [6.45, 7) is 1.73. The highest BCUT2D eigenvalue weighted by atomic mass is 16.5. The first-order valence-corrected chi connectivity index (χ1v) is 7.10. The monoisotopic (exact) mass is 292 g/mol. The molecule has 0 bridgehead atoms. The zero-order valence-electron chi connectivity index (χ0n) is 12.2. The van der Waals surface area contributed by atoms with Gasteiger partial charge < -0.3 is 10.1 Å². The van der Waals surface area contributed by atoms with Gasteiger partial charge in [-0.15, -0.1) is 0 Å². The summed E-state index contributed by atoms with van der Waals surface area (Å²) in [6, 6.07) is 18.7. The van der Waals surface area contributed by atoms with Gasteiger partial charge in [-0.25, -0.2) is 0 Å². The number of carbonyl (C=O) groups is 1. The second kappa shape index (κ2) is 6.26. The highest BCUT2D eigenvalue weighted by molar-refractivity contribution is 5.96. The molecule has 0 saturated heterocycles. The number of aromatic nitrogens is 1. The van der Waals surface area contributed by atoms with Gasteiger partial charge in [0, 0.05) is 17.3 Å². The molecule has 0 aliphatic heterocycles. The lowest BCUT2D eigenvalue weighted by atomic mass is 10.2. The fraction of sp³-hybridized carbons (Fsp3) is 0.111. The number of pyridine rings is 1. The van der Waals surface area contributed by atoms with E-state index in [1.54, 1.807) is 13.1 Å². The minimum Gasteiger partial charge on any atom is -0.481 e. The molecule has 4 heteroatoms. The number of hydrogen-bond acceptors (Lipinski definition) is 3. The molecule has 3 aromatic rings. The van der Waals surface area contributed by atoms with Crippen molar-refractivity contribution in [1.82, 2.24) is 4.98 Å². The summed E-state index contributed by atoms with van der Waals surface area (Å²) in [6.07, 6.45) is 1.17. The van der Waals surface area contributed by atoms with Crippen LogP contribution < -0.4 is 10.1 Å². The molecule has 22 heavy (non-hydrogen) atoms. The van der Waals surface area contributed by atoms with Crippen LogP contribution in [-0.2, 0) is 4.79 Å². The standard InChI is InChI=1S/C18H16N2O2/c1-13(22-16-7-3-2-4-8-16)18(21)20-15-9-10-17-14(12-15)6-5-11-19-17/h2-13H,1H3,(H,20,21). The lowest BCUT2D eigenvalue weighted by molar-refractivity contribution is -0.122. The summed E-state index contributed by atoms with van der Waals surface area (Å²) in [5.41, 5.74) is 1.63. The van der Waals surface area contributed by atoms with Crippen molar-refractivity contribution in [1.29, 1.82) is 0 Å². The smallest absolute Gasteiger partial charge is 0.265 e. The molecule has 4 nitrogen and oxygen atoms in total. The Bertz CT molecular complexity index is 787.